The zero-order valence-corrected chi connectivity index (χ0v) is 15.3. The fourth-order valence-electron chi connectivity index (χ4n) is 2.93. The Morgan fingerprint density at radius 1 is 0.897 bits per heavy atom. The van der Waals surface area contributed by atoms with Gasteiger partial charge in [0.05, 0.1) is 22.7 Å². The van der Waals surface area contributed by atoms with Crippen LogP contribution in [0.15, 0.2) is 71.8 Å². The van der Waals surface area contributed by atoms with Crippen molar-refractivity contribution in [1.82, 2.24) is 25.4 Å². The van der Waals surface area contributed by atoms with Crippen LogP contribution in [0.1, 0.15) is 16.9 Å². The zero-order valence-electron chi connectivity index (χ0n) is 15.3. The number of carbonyl (C=O) groups excluding carboxylic acids is 2. The lowest BCUT2D eigenvalue weighted by Gasteiger charge is -2.09. The molecule has 2 amide bonds. The second-order valence-electron chi connectivity index (χ2n) is 6.40. The standard InChI is InChI=1S/C21H17N5O3/c27-19(11-12-26-13-22-17-8-4-2-6-15(17)21(26)29)24-25-20(28)18-10-9-14-5-1-3-7-16(14)23-18/h1-10,13H,11-12H2,(H,24,27)(H,25,28). The maximum Gasteiger partial charge on any atom is 0.288 e. The summed E-state index contributed by atoms with van der Waals surface area (Å²) in [6, 6.07) is 17.8. The Balaban J connectivity index is 1.35. The maximum atomic E-state index is 12.4. The number of para-hydroxylation sites is 2. The van der Waals surface area contributed by atoms with E-state index >= 15 is 0 Å². The van der Waals surface area contributed by atoms with Crippen molar-refractivity contribution < 1.29 is 9.59 Å². The Labute approximate surface area is 165 Å². The van der Waals surface area contributed by atoms with Crippen molar-refractivity contribution in [3.05, 3.63) is 83.0 Å². The van der Waals surface area contributed by atoms with Crippen molar-refractivity contribution in [1.29, 1.82) is 0 Å². The van der Waals surface area contributed by atoms with Crippen molar-refractivity contribution in [2.45, 2.75) is 13.0 Å². The highest BCUT2D eigenvalue weighted by Gasteiger charge is 2.10. The van der Waals surface area contributed by atoms with E-state index < -0.39 is 11.8 Å². The van der Waals surface area contributed by atoms with E-state index in [9.17, 15) is 14.4 Å². The van der Waals surface area contributed by atoms with Crippen molar-refractivity contribution in [2.24, 2.45) is 0 Å². The van der Waals surface area contributed by atoms with Crippen LogP contribution in [0.4, 0.5) is 0 Å². The Kier molecular flexibility index (Phi) is 4.98. The van der Waals surface area contributed by atoms with Crippen LogP contribution in [0.5, 0.6) is 0 Å². The van der Waals surface area contributed by atoms with Gasteiger partial charge in [-0.05, 0) is 24.3 Å². The summed E-state index contributed by atoms with van der Waals surface area (Å²) in [5, 5.41) is 1.41. The Hall–Kier alpha value is -4.07. The molecule has 0 bridgehead atoms. The van der Waals surface area contributed by atoms with Gasteiger partial charge in [0.1, 0.15) is 5.69 Å². The Bertz CT molecular complexity index is 1280. The van der Waals surface area contributed by atoms with E-state index in [-0.39, 0.29) is 24.2 Å². The molecule has 2 aromatic carbocycles. The number of benzene rings is 2. The average molecular weight is 387 g/mol. The maximum absolute atomic E-state index is 12.4. The van der Waals surface area contributed by atoms with Crippen LogP contribution >= 0.6 is 0 Å². The Morgan fingerprint density at radius 3 is 2.52 bits per heavy atom. The molecule has 0 aliphatic carbocycles. The van der Waals surface area contributed by atoms with Crippen molar-refractivity contribution in [3.63, 3.8) is 0 Å². The molecule has 2 N–H and O–H groups in total. The third kappa shape index (κ3) is 3.96. The average Bonchev–Trinajstić information content (AvgIpc) is 2.77. The van der Waals surface area contributed by atoms with Crippen LogP contribution in [-0.2, 0) is 11.3 Å². The van der Waals surface area contributed by atoms with Gasteiger partial charge in [0.2, 0.25) is 5.91 Å². The van der Waals surface area contributed by atoms with E-state index in [0.717, 1.165) is 5.39 Å². The predicted octanol–water partition coefficient (Wildman–Crippen LogP) is 1.80. The summed E-state index contributed by atoms with van der Waals surface area (Å²) < 4.78 is 1.37. The molecule has 4 rings (SSSR count). The fraction of sp³-hybridized carbons (Fsp3) is 0.0952. The van der Waals surface area contributed by atoms with Gasteiger partial charge in [0, 0.05) is 18.4 Å². The molecule has 0 aliphatic heterocycles. The van der Waals surface area contributed by atoms with Crippen LogP contribution in [0, 0.1) is 0 Å². The third-order valence-electron chi connectivity index (χ3n) is 4.46. The molecular formula is C21H17N5O3. The van der Waals surface area contributed by atoms with Crippen molar-refractivity contribution >= 4 is 33.6 Å². The number of aromatic nitrogens is 3. The van der Waals surface area contributed by atoms with Crippen molar-refractivity contribution in [2.75, 3.05) is 0 Å². The predicted molar refractivity (Wildman–Crippen MR) is 108 cm³/mol. The first-order valence-corrected chi connectivity index (χ1v) is 9.01. The SMILES string of the molecule is O=C(CCn1cnc2ccccc2c1=O)NNC(=O)c1ccc2ccccc2n1. The number of fused-ring (bicyclic) bond motifs is 2. The molecule has 29 heavy (non-hydrogen) atoms. The highest BCUT2D eigenvalue weighted by Crippen LogP contribution is 2.11. The second kappa shape index (κ2) is 7.89. The smallest absolute Gasteiger partial charge is 0.288 e. The summed E-state index contributed by atoms with van der Waals surface area (Å²) in [5.74, 6) is -0.951. The molecule has 0 aliphatic rings. The van der Waals surface area contributed by atoms with E-state index in [1.807, 2.05) is 18.2 Å². The molecule has 8 nitrogen and oxygen atoms in total. The van der Waals surface area contributed by atoms with Gasteiger partial charge < -0.3 is 0 Å². The summed E-state index contributed by atoms with van der Waals surface area (Å²) >= 11 is 0. The number of hydrogen-bond acceptors (Lipinski definition) is 5. The number of hydrogen-bond donors (Lipinski definition) is 2. The van der Waals surface area contributed by atoms with Gasteiger partial charge in [0.25, 0.3) is 11.5 Å². The summed E-state index contributed by atoms with van der Waals surface area (Å²) in [5.41, 5.74) is 5.95. The molecule has 0 radical (unpaired) electrons. The molecule has 0 saturated heterocycles. The summed E-state index contributed by atoms with van der Waals surface area (Å²) in [6.45, 7) is 0.145. The number of rotatable bonds is 4. The van der Waals surface area contributed by atoms with E-state index in [0.29, 0.717) is 16.4 Å². The number of aryl methyl sites for hydroxylation is 1. The quantitative estimate of drug-likeness (QED) is 0.520. The molecule has 2 heterocycles. The summed E-state index contributed by atoms with van der Waals surface area (Å²) in [4.78, 5) is 45.2. The summed E-state index contributed by atoms with van der Waals surface area (Å²) in [6.07, 6.45) is 1.42. The van der Waals surface area contributed by atoms with Gasteiger partial charge in [0.15, 0.2) is 0 Å². The van der Waals surface area contributed by atoms with E-state index in [2.05, 4.69) is 20.8 Å². The molecule has 144 valence electrons. The van der Waals surface area contributed by atoms with E-state index in [1.165, 1.54) is 10.9 Å². The number of nitrogens with zero attached hydrogens (tertiary/aromatic N) is 3. The van der Waals surface area contributed by atoms with Gasteiger partial charge in [-0.15, -0.1) is 0 Å². The lowest BCUT2D eigenvalue weighted by atomic mass is 10.2. The minimum absolute atomic E-state index is 0.00531. The molecular weight excluding hydrogens is 370 g/mol. The van der Waals surface area contributed by atoms with Gasteiger partial charge in [-0.2, -0.15) is 0 Å². The monoisotopic (exact) mass is 387 g/mol. The van der Waals surface area contributed by atoms with Crippen LogP contribution in [0.2, 0.25) is 0 Å². The minimum Gasteiger partial charge on any atom is -0.298 e. The molecule has 0 atom stereocenters. The van der Waals surface area contributed by atoms with Crippen LogP contribution in [0.25, 0.3) is 21.8 Å². The lowest BCUT2D eigenvalue weighted by Crippen LogP contribution is -2.42. The number of carbonyl (C=O) groups is 2. The van der Waals surface area contributed by atoms with Gasteiger partial charge in [-0.25, -0.2) is 9.97 Å². The van der Waals surface area contributed by atoms with Crippen LogP contribution in [0.3, 0.4) is 0 Å². The molecule has 0 saturated carbocycles. The van der Waals surface area contributed by atoms with Gasteiger partial charge in [-0.1, -0.05) is 36.4 Å². The highest BCUT2D eigenvalue weighted by atomic mass is 16.2. The highest BCUT2D eigenvalue weighted by molar-refractivity contribution is 5.95. The number of pyridine rings is 1. The van der Waals surface area contributed by atoms with Crippen LogP contribution < -0.4 is 16.4 Å². The number of nitrogens with one attached hydrogen (secondary N) is 2. The second-order valence-corrected chi connectivity index (χ2v) is 6.40. The van der Waals surface area contributed by atoms with Crippen LogP contribution in [-0.4, -0.2) is 26.3 Å². The first kappa shape index (κ1) is 18.3. The van der Waals surface area contributed by atoms with Gasteiger partial charge >= 0.3 is 0 Å². The van der Waals surface area contributed by atoms with Gasteiger partial charge in [-0.3, -0.25) is 29.8 Å². The molecule has 2 aromatic heterocycles. The lowest BCUT2D eigenvalue weighted by molar-refractivity contribution is -0.122. The Morgan fingerprint density at radius 2 is 1.66 bits per heavy atom. The first-order valence-electron chi connectivity index (χ1n) is 9.01. The van der Waals surface area contributed by atoms with E-state index in [1.54, 1.807) is 42.5 Å². The minimum atomic E-state index is -0.520. The molecule has 4 aromatic rings. The zero-order chi connectivity index (χ0) is 20.2. The number of amides is 2. The fourth-order valence-corrected chi connectivity index (χ4v) is 2.93. The molecule has 8 heteroatoms. The molecule has 0 spiro atoms. The van der Waals surface area contributed by atoms with Crippen molar-refractivity contribution in [3.8, 4) is 0 Å². The topological polar surface area (TPSA) is 106 Å². The number of hydrazine groups is 1. The van der Waals surface area contributed by atoms with E-state index in [4.69, 9.17) is 0 Å². The normalized spacial score (nSPS) is 10.8. The third-order valence-corrected chi connectivity index (χ3v) is 4.46. The molecule has 0 unspecified atom stereocenters. The first-order chi connectivity index (χ1) is 14.1. The largest absolute Gasteiger partial charge is 0.298 e. The summed E-state index contributed by atoms with van der Waals surface area (Å²) in [7, 11) is 0. The molecule has 0 fully saturated rings.